The number of amides is 1. The highest BCUT2D eigenvalue weighted by molar-refractivity contribution is 5.93. The number of carbonyl (C=O) groups excluding carboxylic acids is 1. The Bertz CT molecular complexity index is 465. The molecule has 0 spiro atoms. The first kappa shape index (κ1) is 15.8. The predicted molar refractivity (Wildman–Crippen MR) is 82.5 cm³/mol. The zero-order valence-corrected chi connectivity index (χ0v) is 12.5. The van der Waals surface area contributed by atoms with Crippen molar-refractivity contribution in [1.82, 2.24) is 4.90 Å². The van der Waals surface area contributed by atoms with Crippen LogP contribution in [0.4, 0.5) is 5.69 Å². The van der Waals surface area contributed by atoms with Gasteiger partial charge in [0.05, 0.1) is 25.4 Å². The number of rotatable bonds is 6. The molecule has 0 aliphatic carbocycles. The number of anilines is 1. The van der Waals surface area contributed by atoms with E-state index in [2.05, 4.69) is 10.2 Å². The van der Waals surface area contributed by atoms with E-state index in [-0.39, 0.29) is 18.6 Å². The monoisotopic (exact) mass is 292 g/mol. The summed E-state index contributed by atoms with van der Waals surface area (Å²) in [5, 5.41) is 12.3. The Labute approximate surface area is 125 Å². The van der Waals surface area contributed by atoms with Gasteiger partial charge in [0, 0.05) is 6.04 Å². The Kier molecular flexibility index (Phi) is 6.02. The average Bonchev–Trinajstić information content (AvgIpc) is 2.50. The minimum Gasteiger partial charge on any atom is -0.492 e. The molecular formula is C16H24N2O3. The maximum Gasteiger partial charge on any atom is 0.238 e. The van der Waals surface area contributed by atoms with E-state index in [1.54, 1.807) is 0 Å². The molecule has 2 rings (SSSR count). The molecule has 0 bridgehead atoms. The summed E-state index contributed by atoms with van der Waals surface area (Å²) < 4.78 is 5.50. The quantitative estimate of drug-likeness (QED) is 0.840. The first-order valence-corrected chi connectivity index (χ1v) is 7.61. The third-order valence-electron chi connectivity index (χ3n) is 3.77. The number of nitrogens with one attached hydrogen (secondary N) is 1. The SMILES string of the molecule is CCOc1ccccc1NC(=O)CN1CCCCC1CO. The van der Waals surface area contributed by atoms with Crippen LogP contribution in [0, 0.1) is 0 Å². The fourth-order valence-electron chi connectivity index (χ4n) is 2.70. The Morgan fingerprint density at radius 1 is 1.43 bits per heavy atom. The molecule has 1 aliphatic rings. The van der Waals surface area contributed by atoms with E-state index in [1.165, 1.54) is 0 Å². The van der Waals surface area contributed by atoms with Gasteiger partial charge in [0.15, 0.2) is 0 Å². The molecule has 0 saturated carbocycles. The molecule has 1 heterocycles. The summed E-state index contributed by atoms with van der Waals surface area (Å²) in [7, 11) is 0. The highest BCUT2D eigenvalue weighted by atomic mass is 16.5. The van der Waals surface area contributed by atoms with Gasteiger partial charge in [-0.3, -0.25) is 9.69 Å². The van der Waals surface area contributed by atoms with Crippen molar-refractivity contribution in [2.24, 2.45) is 0 Å². The summed E-state index contributed by atoms with van der Waals surface area (Å²) >= 11 is 0. The van der Waals surface area contributed by atoms with Gasteiger partial charge in [-0.1, -0.05) is 18.6 Å². The topological polar surface area (TPSA) is 61.8 Å². The lowest BCUT2D eigenvalue weighted by molar-refractivity contribution is -0.118. The number of piperidine rings is 1. The number of hydrogen-bond acceptors (Lipinski definition) is 4. The van der Waals surface area contributed by atoms with Crippen molar-refractivity contribution in [2.75, 3.05) is 31.6 Å². The van der Waals surface area contributed by atoms with E-state index in [1.807, 2.05) is 31.2 Å². The number of likely N-dealkylation sites (tertiary alicyclic amines) is 1. The van der Waals surface area contributed by atoms with Crippen LogP contribution in [-0.4, -0.2) is 48.3 Å². The summed E-state index contributed by atoms with van der Waals surface area (Å²) in [4.78, 5) is 14.3. The molecule has 116 valence electrons. The molecule has 1 amide bonds. The number of aliphatic hydroxyl groups excluding tert-OH is 1. The molecule has 21 heavy (non-hydrogen) atoms. The van der Waals surface area contributed by atoms with Gasteiger partial charge in [-0.2, -0.15) is 0 Å². The molecule has 0 aromatic heterocycles. The molecule has 1 aliphatic heterocycles. The predicted octanol–water partition coefficient (Wildman–Crippen LogP) is 1.87. The first-order valence-electron chi connectivity index (χ1n) is 7.61. The number of carbonyl (C=O) groups is 1. The maximum absolute atomic E-state index is 12.2. The van der Waals surface area contributed by atoms with Crippen molar-refractivity contribution in [1.29, 1.82) is 0 Å². The highest BCUT2D eigenvalue weighted by Gasteiger charge is 2.23. The number of hydrogen-bond donors (Lipinski definition) is 2. The molecule has 5 heteroatoms. The van der Waals surface area contributed by atoms with Gasteiger partial charge < -0.3 is 15.2 Å². The van der Waals surface area contributed by atoms with Gasteiger partial charge >= 0.3 is 0 Å². The number of nitrogens with zero attached hydrogens (tertiary/aromatic N) is 1. The van der Waals surface area contributed by atoms with E-state index in [9.17, 15) is 9.90 Å². The van der Waals surface area contributed by atoms with Crippen molar-refractivity contribution >= 4 is 11.6 Å². The van der Waals surface area contributed by atoms with Crippen LogP contribution in [-0.2, 0) is 4.79 Å². The van der Waals surface area contributed by atoms with Crippen molar-refractivity contribution in [3.05, 3.63) is 24.3 Å². The Morgan fingerprint density at radius 2 is 2.24 bits per heavy atom. The largest absolute Gasteiger partial charge is 0.492 e. The van der Waals surface area contributed by atoms with Gasteiger partial charge in [-0.25, -0.2) is 0 Å². The van der Waals surface area contributed by atoms with Crippen LogP contribution in [0.15, 0.2) is 24.3 Å². The second-order valence-electron chi connectivity index (χ2n) is 5.28. The molecule has 1 aromatic carbocycles. The van der Waals surface area contributed by atoms with Gasteiger partial charge in [-0.05, 0) is 38.4 Å². The second kappa shape index (κ2) is 8.00. The lowest BCUT2D eigenvalue weighted by Gasteiger charge is -2.33. The smallest absolute Gasteiger partial charge is 0.238 e. The molecule has 0 radical (unpaired) electrons. The summed E-state index contributed by atoms with van der Waals surface area (Å²) in [6, 6.07) is 7.54. The molecule has 5 nitrogen and oxygen atoms in total. The molecule has 1 unspecified atom stereocenters. The van der Waals surface area contributed by atoms with Crippen LogP contribution < -0.4 is 10.1 Å². The lowest BCUT2D eigenvalue weighted by atomic mass is 10.0. The molecule has 1 atom stereocenters. The number of benzene rings is 1. The zero-order chi connectivity index (χ0) is 15.1. The van der Waals surface area contributed by atoms with E-state index in [4.69, 9.17) is 4.74 Å². The molecule has 1 saturated heterocycles. The number of aliphatic hydroxyl groups is 1. The van der Waals surface area contributed by atoms with E-state index in [0.717, 1.165) is 25.8 Å². The minimum atomic E-state index is -0.0671. The van der Waals surface area contributed by atoms with Gasteiger partial charge in [0.2, 0.25) is 5.91 Å². The maximum atomic E-state index is 12.2. The number of para-hydroxylation sites is 2. The van der Waals surface area contributed by atoms with E-state index < -0.39 is 0 Å². The summed E-state index contributed by atoms with van der Waals surface area (Å²) in [6.45, 7) is 3.77. The average molecular weight is 292 g/mol. The lowest BCUT2D eigenvalue weighted by Crippen LogP contribution is -2.45. The third kappa shape index (κ3) is 4.44. The van der Waals surface area contributed by atoms with Crippen LogP contribution in [0.5, 0.6) is 5.75 Å². The van der Waals surface area contributed by atoms with Gasteiger partial charge in [0.1, 0.15) is 5.75 Å². The fourth-order valence-corrected chi connectivity index (χ4v) is 2.70. The standard InChI is InChI=1S/C16H24N2O3/c1-2-21-15-9-4-3-8-14(15)17-16(20)11-18-10-6-5-7-13(18)12-19/h3-4,8-9,13,19H,2,5-7,10-12H2,1H3,(H,17,20). The van der Waals surface area contributed by atoms with Crippen molar-refractivity contribution < 1.29 is 14.6 Å². The molecule has 1 fully saturated rings. The van der Waals surface area contributed by atoms with Crippen LogP contribution >= 0.6 is 0 Å². The van der Waals surface area contributed by atoms with Crippen LogP contribution in [0.2, 0.25) is 0 Å². The van der Waals surface area contributed by atoms with E-state index in [0.29, 0.717) is 24.6 Å². The van der Waals surface area contributed by atoms with Crippen molar-refractivity contribution in [3.63, 3.8) is 0 Å². The summed E-state index contributed by atoms with van der Waals surface area (Å²) in [6.07, 6.45) is 3.16. The molecule has 2 N–H and O–H groups in total. The van der Waals surface area contributed by atoms with Crippen LogP contribution in [0.3, 0.4) is 0 Å². The highest BCUT2D eigenvalue weighted by Crippen LogP contribution is 2.24. The van der Waals surface area contributed by atoms with Crippen molar-refractivity contribution in [3.8, 4) is 5.75 Å². The minimum absolute atomic E-state index is 0.0671. The summed E-state index contributed by atoms with van der Waals surface area (Å²) in [5.74, 6) is 0.619. The number of ether oxygens (including phenoxy) is 1. The Morgan fingerprint density at radius 3 is 3.00 bits per heavy atom. The van der Waals surface area contributed by atoms with Crippen LogP contribution in [0.1, 0.15) is 26.2 Å². The normalized spacial score (nSPS) is 19.2. The fraction of sp³-hybridized carbons (Fsp3) is 0.562. The first-order chi connectivity index (χ1) is 10.2. The van der Waals surface area contributed by atoms with Gasteiger partial charge in [0.25, 0.3) is 0 Å². The second-order valence-corrected chi connectivity index (χ2v) is 5.28. The van der Waals surface area contributed by atoms with Crippen LogP contribution in [0.25, 0.3) is 0 Å². The Hall–Kier alpha value is -1.59. The molecular weight excluding hydrogens is 268 g/mol. The van der Waals surface area contributed by atoms with Crippen molar-refractivity contribution in [2.45, 2.75) is 32.2 Å². The third-order valence-corrected chi connectivity index (χ3v) is 3.77. The zero-order valence-electron chi connectivity index (χ0n) is 12.5. The molecule has 1 aromatic rings. The van der Waals surface area contributed by atoms with E-state index >= 15 is 0 Å². The Balaban J connectivity index is 1.95. The summed E-state index contributed by atoms with van der Waals surface area (Å²) in [5.41, 5.74) is 0.696. The van der Waals surface area contributed by atoms with Gasteiger partial charge in [-0.15, -0.1) is 0 Å².